The van der Waals surface area contributed by atoms with Crippen molar-refractivity contribution in [1.82, 2.24) is 5.48 Å². The first-order valence-corrected chi connectivity index (χ1v) is 12.7. The third kappa shape index (κ3) is 5.91. The highest BCUT2D eigenvalue weighted by molar-refractivity contribution is 7.91. The maximum absolute atomic E-state index is 13.2. The third-order valence-electron chi connectivity index (χ3n) is 6.31. The van der Waals surface area contributed by atoms with Crippen LogP contribution >= 0.6 is 0 Å². The molecule has 0 radical (unpaired) electrons. The Morgan fingerprint density at radius 3 is 1.92 bits per heavy atom. The lowest BCUT2D eigenvalue weighted by Crippen LogP contribution is -2.50. The maximum atomic E-state index is 13.2. The van der Waals surface area contributed by atoms with Crippen LogP contribution in [0.4, 0.5) is 13.2 Å². The van der Waals surface area contributed by atoms with E-state index in [-0.39, 0.29) is 29.2 Å². The lowest BCUT2D eigenvalue weighted by atomic mass is 9.72. The van der Waals surface area contributed by atoms with E-state index in [1.807, 2.05) is 0 Å². The van der Waals surface area contributed by atoms with Crippen molar-refractivity contribution in [3.05, 3.63) is 48.5 Å². The van der Waals surface area contributed by atoms with Gasteiger partial charge < -0.3 is 18.9 Å². The van der Waals surface area contributed by atoms with Crippen molar-refractivity contribution in [2.24, 2.45) is 5.41 Å². The molecule has 2 aromatic rings. The zero-order valence-corrected chi connectivity index (χ0v) is 19.7. The van der Waals surface area contributed by atoms with Gasteiger partial charge in [-0.15, -0.1) is 13.2 Å². The predicted molar refractivity (Wildman–Crippen MR) is 117 cm³/mol. The van der Waals surface area contributed by atoms with Crippen molar-refractivity contribution in [1.29, 1.82) is 0 Å². The minimum Gasteiger partial charge on any atom is -0.457 e. The van der Waals surface area contributed by atoms with Crippen LogP contribution in [0.25, 0.3) is 0 Å². The van der Waals surface area contributed by atoms with Crippen molar-refractivity contribution in [3.8, 4) is 17.2 Å². The first-order valence-electron chi connectivity index (χ1n) is 11.0. The summed E-state index contributed by atoms with van der Waals surface area (Å²) in [6, 6.07) is 10.1. The molecule has 0 unspecified atom stereocenters. The molecule has 2 fully saturated rings. The van der Waals surface area contributed by atoms with Gasteiger partial charge >= 0.3 is 6.36 Å². The molecule has 1 heterocycles. The smallest absolute Gasteiger partial charge is 0.457 e. The number of hydrogen-bond acceptors (Lipinski definition) is 8. The fourth-order valence-corrected chi connectivity index (χ4v) is 6.32. The van der Waals surface area contributed by atoms with Gasteiger partial charge in [-0.05, 0) is 61.4 Å². The molecule has 2 N–H and O–H groups in total. The number of halogens is 3. The number of carbonyl (C=O) groups is 1. The predicted octanol–water partition coefficient (Wildman–Crippen LogP) is 3.96. The lowest BCUT2D eigenvalue weighted by molar-refractivity contribution is -0.274. The summed E-state index contributed by atoms with van der Waals surface area (Å²) in [5.41, 5.74) is 0.247. The molecule has 13 heteroatoms. The van der Waals surface area contributed by atoms with E-state index < -0.39 is 44.8 Å². The first kappa shape index (κ1) is 26.2. The Kier molecular flexibility index (Phi) is 7.19. The number of ether oxygens (including phenoxy) is 4. The number of sulfone groups is 1. The fourth-order valence-electron chi connectivity index (χ4n) is 4.46. The summed E-state index contributed by atoms with van der Waals surface area (Å²) >= 11 is 0. The van der Waals surface area contributed by atoms with E-state index in [4.69, 9.17) is 14.2 Å². The number of amides is 1. The van der Waals surface area contributed by atoms with Crippen LogP contribution in [0.2, 0.25) is 0 Å². The van der Waals surface area contributed by atoms with Crippen LogP contribution in [0.1, 0.15) is 25.7 Å². The molecular formula is C23H24F3NO8S. The van der Waals surface area contributed by atoms with Gasteiger partial charge in [0.15, 0.2) is 15.6 Å². The van der Waals surface area contributed by atoms with E-state index >= 15 is 0 Å². The molecule has 0 bridgehead atoms. The van der Waals surface area contributed by atoms with Crippen molar-refractivity contribution < 1.29 is 50.5 Å². The van der Waals surface area contributed by atoms with E-state index in [1.165, 1.54) is 36.4 Å². The molecule has 1 spiro atoms. The summed E-state index contributed by atoms with van der Waals surface area (Å²) in [7, 11) is -3.95. The molecule has 1 aliphatic heterocycles. The van der Waals surface area contributed by atoms with E-state index in [2.05, 4.69) is 4.74 Å². The molecule has 9 nitrogen and oxygen atoms in total. The summed E-state index contributed by atoms with van der Waals surface area (Å²) in [5.74, 6) is -2.07. The van der Waals surface area contributed by atoms with Gasteiger partial charge in [0.05, 0.1) is 29.3 Å². The number of alkyl halides is 3. The second-order valence-corrected chi connectivity index (χ2v) is 10.7. The normalized spacial score (nSPS) is 19.1. The van der Waals surface area contributed by atoms with Gasteiger partial charge in [-0.2, -0.15) is 0 Å². The van der Waals surface area contributed by atoms with Gasteiger partial charge in [-0.25, -0.2) is 13.9 Å². The Bertz CT molecular complexity index is 1170. The Morgan fingerprint density at radius 1 is 0.917 bits per heavy atom. The SMILES string of the molecule is O=C(NO)C1(CS(=O)(=O)c2ccc(Oc3ccc(OC(F)(F)F)cc3)cc2)CCC2(CC1)OCCO2. The highest BCUT2D eigenvalue weighted by Crippen LogP contribution is 2.46. The van der Waals surface area contributed by atoms with Gasteiger partial charge in [0.25, 0.3) is 5.91 Å². The first-order chi connectivity index (χ1) is 16.9. The molecular weight excluding hydrogens is 507 g/mol. The Morgan fingerprint density at radius 2 is 1.42 bits per heavy atom. The lowest BCUT2D eigenvalue weighted by Gasteiger charge is -2.41. The van der Waals surface area contributed by atoms with E-state index in [9.17, 15) is 31.6 Å². The van der Waals surface area contributed by atoms with E-state index in [0.29, 0.717) is 26.1 Å². The average Bonchev–Trinajstić information content (AvgIpc) is 3.29. The highest BCUT2D eigenvalue weighted by Gasteiger charge is 2.51. The van der Waals surface area contributed by atoms with E-state index in [1.54, 1.807) is 5.48 Å². The molecule has 36 heavy (non-hydrogen) atoms. The average molecular weight is 532 g/mol. The van der Waals surface area contributed by atoms with Crippen molar-refractivity contribution in [3.63, 3.8) is 0 Å². The standard InChI is InChI=1S/C23H24F3NO8S/c24-23(25,26)35-18-3-1-16(2-4-18)34-17-5-7-19(8-6-17)36(30,31)15-21(20(28)27-29)9-11-22(12-10-21)32-13-14-33-22/h1-8,29H,9-15H2,(H,27,28). The zero-order valence-electron chi connectivity index (χ0n) is 18.9. The van der Waals surface area contributed by atoms with Crippen LogP contribution in [-0.4, -0.2) is 50.6 Å². The molecule has 0 aromatic heterocycles. The second-order valence-electron chi connectivity index (χ2n) is 8.68. The summed E-state index contributed by atoms with van der Waals surface area (Å²) in [6.07, 6.45) is -3.88. The number of rotatable bonds is 7. The van der Waals surface area contributed by atoms with Gasteiger partial charge in [0.1, 0.15) is 17.2 Å². The summed E-state index contributed by atoms with van der Waals surface area (Å²) < 4.78 is 83.9. The van der Waals surface area contributed by atoms with Crippen molar-refractivity contribution in [2.75, 3.05) is 19.0 Å². The highest BCUT2D eigenvalue weighted by atomic mass is 32.2. The molecule has 1 amide bonds. The van der Waals surface area contributed by atoms with Crippen LogP contribution in [0.15, 0.2) is 53.4 Å². The third-order valence-corrected chi connectivity index (χ3v) is 8.23. The van der Waals surface area contributed by atoms with Crippen LogP contribution in [0.3, 0.4) is 0 Å². The van der Waals surface area contributed by atoms with Crippen LogP contribution in [0, 0.1) is 5.41 Å². The number of nitrogens with one attached hydrogen (secondary N) is 1. The molecule has 196 valence electrons. The zero-order chi connectivity index (χ0) is 26.0. The fraction of sp³-hybridized carbons (Fsp3) is 0.435. The number of benzene rings is 2. The van der Waals surface area contributed by atoms with Crippen LogP contribution in [0.5, 0.6) is 17.2 Å². The molecule has 1 aliphatic carbocycles. The second kappa shape index (κ2) is 9.88. The van der Waals surface area contributed by atoms with Crippen LogP contribution < -0.4 is 15.0 Å². The van der Waals surface area contributed by atoms with Crippen LogP contribution in [-0.2, 0) is 24.1 Å². The minimum atomic E-state index is -4.81. The Hall–Kier alpha value is -2.87. The van der Waals surface area contributed by atoms with Gasteiger partial charge in [-0.3, -0.25) is 10.0 Å². The van der Waals surface area contributed by atoms with Crippen molar-refractivity contribution in [2.45, 2.75) is 42.7 Å². The maximum Gasteiger partial charge on any atom is 0.573 e. The molecule has 2 aromatic carbocycles. The number of carbonyl (C=O) groups excluding carboxylic acids is 1. The van der Waals surface area contributed by atoms with Crippen molar-refractivity contribution >= 4 is 15.7 Å². The molecule has 1 saturated heterocycles. The number of hydrogen-bond donors (Lipinski definition) is 2. The van der Waals surface area contributed by atoms with Gasteiger partial charge in [0.2, 0.25) is 0 Å². The number of hydroxylamine groups is 1. The molecule has 4 rings (SSSR count). The monoisotopic (exact) mass is 531 g/mol. The summed E-state index contributed by atoms with van der Waals surface area (Å²) in [5, 5.41) is 9.29. The topological polar surface area (TPSA) is 120 Å². The molecule has 0 atom stereocenters. The molecule has 2 aliphatic rings. The van der Waals surface area contributed by atoms with E-state index in [0.717, 1.165) is 12.1 Å². The van der Waals surface area contributed by atoms with Gasteiger partial charge in [0, 0.05) is 12.8 Å². The minimum absolute atomic E-state index is 0.0532. The largest absolute Gasteiger partial charge is 0.573 e. The molecule has 1 saturated carbocycles. The Labute approximate surface area is 205 Å². The quantitative estimate of drug-likeness (QED) is 0.407. The Balaban J connectivity index is 1.44. The van der Waals surface area contributed by atoms with Gasteiger partial charge in [-0.1, -0.05) is 0 Å². The summed E-state index contributed by atoms with van der Waals surface area (Å²) in [6.45, 7) is 0.856. The summed E-state index contributed by atoms with van der Waals surface area (Å²) in [4.78, 5) is 12.5.